The van der Waals surface area contributed by atoms with Crippen molar-refractivity contribution in [1.82, 2.24) is 0 Å². The molecule has 0 spiro atoms. The lowest BCUT2D eigenvalue weighted by molar-refractivity contribution is 0.684. The number of nitrogens with zero attached hydrogens (tertiary/aromatic N) is 1. The Balaban J connectivity index is 1.09. The summed E-state index contributed by atoms with van der Waals surface area (Å²) in [6.45, 7) is 0. The number of anilines is 3. The van der Waals surface area contributed by atoms with Crippen molar-refractivity contribution in [2.45, 2.75) is 36.5 Å². The SMILES string of the molecule is c1ccc(C2(c3ccccc3)c3ccccc3-c3cc(N(c4ccc5c(c4)C(c4ccccc4)(c4ccccc4)c4ccc6c(c4-5)CCCC6)c4ccc5sccc5c4)ccc32)cc1. The largest absolute Gasteiger partial charge is 0.310 e. The van der Waals surface area contributed by atoms with Crippen molar-refractivity contribution in [3.05, 3.63) is 279 Å². The summed E-state index contributed by atoms with van der Waals surface area (Å²) in [6.07, 6.45) is 4.76. The Hall–Kier alpha value is -7.26. The third kappa shape index (κ3) is 5.30. The van der Waals surface area contributed by atoms with Crippen LogP contribution in [0.1, 0.15) is 68.5 Å². The summed E-state index contributed by atoms with van der Waals surface area (Å²) < 4.78 is 1.29. The normalized spacial score (nSPS) is 14.9. The molecule has 2 heteroatoms. The van der Waals surface area contributed by atoms with Gasteiger partial charge in [0.2, 0.25) is 0 Å². The second kappa shape index (κ2) is 14.7. The van der Waals surface area contributed by atoms with Gasteiger partial charge in [-0.05, 0) is 163 Å². The summed E-state index contributed by atoms with van der Waals surface area (Å²) in [5.41, 5.74) is 21.4. The van der Waals surface area contributed by atoms with E-state index in [4.69, 9.17) is 0 Å². The van der Waals surface area contributed by atoms with Crippen LogP contribution in [0.3, 0.4) is 0 Å². The van der Waals surface area contributed by atoms with Gasteiger partial charge in [-0.15, -0.1) is 11.3 Å². The molecule has 0 fully saturated rings. The molecule has 0 N–H and O–H groups in total. The molecule has 0 aliphatic heterocycles. The van der Waals surface area contributed by atoms with Crippen LogP contribution in [-0.2, 0) is 23.7 Å². The van der Waals surface area contributed by atoms with Crippen molar-refractivity contribution in [3.8, 4) is 22.3 Å². The summed E-state index contributed by atoms with van der Waals surface area (Å²) in [7, 11) is 0. The van der Waals surface area contributed by atoms with Crippen LogP contribution in [0.4, 0.5) is 17.1 Å². The van der Waals surface area contributed by atoms with E-state index >= 15 is 0 Å². The molecule has 13 rings (SSSR count). The van der Waals surface area contributed by atoms with E-state index in [1.54, 1.807) is 16.9 Å². The summed E-state index contributed by atoms with van der Waals surface area (Å²) in [5.74, 6) is 0. The predicted molar refractivity (Wildman–Crippen MR) is 268 cm³/mol. The molecule has 1 nitrogen and oxygen atoms in total. The first-order valence-electron chi connectivity index (χ1n) is 22.8. The Morgan fingerprint density at radius 2 is 0.906 bits per heavy atom. The number of fused-ring (bicyclic) bond motifs is 9. The van der Waals surface area contributed by atoms with Crippen molar-refractivity contribution >= 4 is 38.5 Å². The lowest BCUT2D eigenvalue weighted by atomic mass is 9.67. The quantitative estimate of drug-likeness (QED) is 0.155. The van der Waals surface area contributed by atoms with Gasteiger partial charge in [-0.2, -0.15) is 0 Å². The molecule has 1 heterocycles. The van der Waals surface area contributed by atoms with Crippen LogP contribution in [0.25, 0.3) is 32.3 Å². The fourth-order valence-corrected chi connectivity index (χ4v) is 12.8. The average Bonchev–Trinajstić information content (AvgIpc) is 4.05. The maximum Gasteiger partial charge on any atom is 0.0714 e. The van der Waals surface area contributed by atoms with Gasteiger partial charge in [-0.25, -0.2) is 0 Å². The summed E-state index contributed by atoms with van der Waals surface area (Å²) in [4.78, 5) is 2.52. The Labute approximate surface area is 379 Å². The van der Waals surface area contributed by atoms with Crippen LogP contribution < -0.4 is 4.90 Å². The Morgan fingerprint density at radius 3 is 1.59 bits per heavy atom. The van der Waals surface area contributed by atoms with E-state index in [2.05, 4.69) is 229 Å². The molecule has 0 saturated heterocycles. The van der Waals surface area contributed by atoms with Gasteiger partial charge in [0.05, 0.1) is 10.8 Å². The van der Waals surface area contributed by atoms with Crippen molar-refractivity contribution in [3.63, 3.8) is 0 Å². The van der Waals surface area contributed by atoms with Crippen molar-refractivity contribution < 1.29 is 0 Å². The highest BCUT2D eigenvalue weighted by Crippen LogP contribution is 2.60. The van der Waals surface area contributed by atoms with Gasteiger partial charge in [0.25, 0.3) is 0 Å². The van der Waals surface area contributed by atoms with E-state index in [1.807, 2.05) is 0 Å². The maximum atomic E-state index is 2.54. The molecule has 0 amide bonds. The number of benzene rings is 9. The first kappa shape index (κ1) is 37.3. The smallest absolute Gasteiger partial charge is 0.0714 e. The van der Waals surface area contributed by atoms with Crippen molar-refractivity contribution in [1.29, 1.82) is 0 Å². The molecule has 64 heavy (non-hydrogen) atoms. The first-order valence-corrected chi connectivity index (χ1v) is 23.7. The van der Waals surface area contributed by atoms with E-state index in [0.29, 0.717) is 0 Å². The summed E-state index contributed by atoms with van der Waals surface area (Å²) >= 11 is 1.80. The Kier molecular flexibility index (Phi) is 8.55. The fraction of sp³-hybridized carbons (Fsp3) is 0.0968. The zero-order valence-corrected chi connectivity index (χ0v) is 36.4. The molecule has 0 unspecified atom stereocenters. The molecule has 0 bridgehead atoms. The molecule has 0 radical (unpaired) electrons. The average molecular weight is 836 g/mol. The van der Waals surface area contributed by atoms with Crippen LogP contribution in [0, 0.1) is 0 Å². The molecule has 3 aliphatic carbocycles. The van der Waals surface area contributed by atoms with E-state index in [0.717, 1.165) is 29.9 Å². The minimum Gasteiger partial charge on any atom is -0.310 e. The van der Waals surface area contributed by atoms with E-state index in [9.17, 15) is 0 Å². The predicted octanol–water partition coefficient (Wildman–Crippen LogP) is 16.0. The van der Waals surface area contributed by atoms with Gasteiger partial charge in [0.1, 0.15) is 0 Å². The molecule has 10 aromatic rings. The van der Waals surface area contributed by atoms with E-state index in [1.165, 1.54) is 95.3 Å². The Bertz CT molecular complexity index is 3310. The van der Waals surface area contributed by atoms with Gasteiger partial charge in [0.15, 0.2) is 0 Å². The second-order valence-corrected chi connectivity index (χ2v) is 18.7. The Morgan fingerprint density at radius 1 is 0.375 bits per heavy atom. The number of thiophene rings is 1. The molecular formula is C62H45NS. The monoisotopic (exact) mass is 835 g/mol. The molecule has 3 aliphatic rings. The minimum absolute atomic E-state index is 0.461. The maximum absolute atomic E-state index is 2.54. The number of hydrogen-bond donors (Lipinski definition) is 0. The third-order valence-corrected chi connectivity index (χ3v) is 15.6. The number of rotatable bonds is 7. The highest BCUT2D eigenvalue weighted by atomic mass is 32.1. The van der Waals surface area contributed by atoms with Crippen LogP contribution in [0.2, 0.25) is 0 Å². The van der Waals surface area contributed by atoms with Gasteiger partial charge in [0, 0.05) is 21.8 Å². The number of aryl methyl sites for hydroxylation is 1. The van der Waals surface area contributed by atoms with Crippen LogP contribution >= 0.6 is 11.3 Å². The van der Waals surface area contributed by atoms with Gasteiger partial charge in [-0.3, -0.25) is 0 Å². The summed E-state index contributed by atoms with van der Waals surface area (Å²) in [6, 6.07) is 82.8. The van der Waals surface area contributed by atoms with Gasteiger partial charge < -0.3 is 4.90 Å². The minimum atomic E-state index is -0.500. The van der Waals surface area contributed by atoms with E-state index in [-0.39, 0.29) is 0 Å². The first-order chi connectivity index (χ1) is 31.7. The third-order valence-electron chi connectivity index (χ3n) is 14.7. The van der Waals surface area contributed by atoms with Crippen LogP contribution in [0.5, 0.6) is 0 Å². The molecule has 9 aromatic carbocycles. The van der Waals surface area contributed by atoms with Crippen molar-refractivity contribution in [2.75, 3.05) is 4.90 Å². The zero-order valence-electron chi connectivity index (χ0n) is 35.5. The van der Waals surface area contributed by atoms with Crippen LogP contribution in [-0.4, -0.2) is 0 Å². The highest BCUT2D eigenvalue weighted by Gasteiger charge is 2.49. The van der Waals surface area contributed by atoms with Gasteiger partial charge in [-0.1, -0.05) is 170 Å². The molecule has 0 saturated carbocycles. The summed E-state index contributed by atoms with van der Waals surface area (Å²) in [5, 5.41) is 3.47. The van der Waals surface area contributed by atoms with Crippen LogP contribution in [0.15, 0.2) is 224 Å². The lowest BCUT2D eigenvalue weighted by Crippen LogP contribution is -2.29. The van der Waals surface area contributed by atoms with E-state index < -0.39 is 10.8 Å². The highest BCUT2D eigenvalue weighted by molar-refractivity contribution is 7.17. The molecule has 304 valence electrons. The second-order valence-electron chi connectivity index (χ2n) is 17.8. The number of hydrogen-bond acceptors (Lipinski definition) is 2. The standard InChI is InChI=1S/C62H45NS/c1-5-18-44(19-6-1)61(45-20-7-2-8-21-45)55-28-16-15-27-52(55)54-40-49(31-35-56(54)61)63(48-32-36-59-43(39-48)37-38-64-59)50-30-33-53-58(41-50)62(46-22-9-3-10-23-46,47-24-11-4-12-25-47)57-34-29-42-17-13-14-26-51(42)60(53)57/h1-12,15-16,18-25,27-41H,13-14,17,26H2. The van der Waals surface area contributed by atoms with Crippen molar-refractivity contribution in [2.24, 2.45) is 0 Å². The topological polar surface area (TPSA) is 3.24 Å². The molecule has 1 aromatic heterocycles. The fourth-order valence-electron chi connectivity index (χ4n) is 12.1. The van der Waals surface area contributed by atoms with Gasteiger partial charge >= 0.3 is 0 Å². The molecule has 0 atom stereocenters. The molecular weight excluding hydrogens is 791 g/mol. The lowest BCUT2D eigenvalue weighted by Gasteiger charge is -2.35. The zero-order chi connectivity index (χ0) is 42.2.